The number of ether oxygens (including phenoxy) is 2. The van der Waals surface area contributed by atoms with E-state index in [0.717, 1.165) is 12.5 Å². The molecule has 1 unspecified atom stereocenters. The number of aliphatic imine (C=N–C) groups is 1. The van der Waals surface area contributed by atoms with Crippen LogP contribution in [-0.4, -0.2) is 44.4 Å². The van der Waals surface area contributed by atoms with Crippen LogP contribution in [0.2, 0.25) is 0 Å². The molecule has 23 heavy (non-hydrogen) atoms. The highest BCUT2D eigenvalue weighted by Crippen LogP contribution is 2.29. The number of aliphatic hydroxyl groups excluding tert-OH is 1. The number of benzene rings is 1. The Labute approximate surface area is 154 Å². The largest absolute Gasteiger partial charge is 0.497 e. The first-order chi connectivity index (χ1) is 10.7. The van der Waals surface area contributed by atoms with E-state index in [9.17, 15) is 5.11 Å². The Morgan fingerprint density at radius 1 is 1.35 bits per heavy atom. The lowest BCUT2D eigenvalue weighted by atomic mass is 10.1. The number of hydrogen-bond acceptors (Lipinski definition) is 4. The molecule has 3 N–H and O–H groups in total. The molecule has 7 heteroatoms. The predicted octanol–water partition coefficient (Wildman–Crippen LogP) is 2.07. The number of methoxy groups -OCH3 is 2. The van der Waals surface area contributed by atoms with Crippen molar-refractivity contribution in [3.63, 3.8) is 0 Å². The number of hydrogen-bond donors (Lipinski definition) is 3. The first-order valence-corrected chi connectivity index (χ1v) is 7.62. The summed E-state index contributed by atoms with van der Waals surface area (Å²) >= 11 is 0. The molecule has 2 rings (SSSR count). The van der Waals surface area contributed by atoms with Crippen LogP contribution < -0.4 is 20.1 Å². The van der Waals surface area contributed by atoms with Crippen molar-refractivity contribution in [2.75, 3.05) is 27.3 Å². The van der Waals surface area contributed by atoms with E-state index >= 15 is 0 Å². The quantitative estimate of drug-likeness (QED) is 0.348. The third-order valence-corrected chi connectivity index (χ3v) is 3.48. The highest BCUT2D eigenvalue weighted by Gasteiger charge is 2.22. The highest BCUT2D eigenvalue weighted by molar-refractivity contribution is 14.0. The van der Waals surface area contributed by atoms with E-state index in [2.05, 4.69) is 15.6 Å². The molecule has 6 nitrogen and oxygen atoms in total. The summed E-state index contributed by atoms with van der Waals surface area (Å²) in [6.07, 6.45) is 1.60. The van der Waals surface area contributed by atoms with Crippen LogP contribution >= 0.6 is 24.0 Å². The van der Waals surface area contributed by atoms with Crippen LogP contribution in [0.15, 0.2) is 23.2 Å². The van der Waals surface area contributed by atoms with Crippen LogP contribution in [0.4, 0.5) is 0 Å². The highest BCUT2D eigenvalue weighted by atomic mass is 127. The lowest BCUT2D eigenvalue weighted by Gasteiger charge is -2.16. The number of halogens is 1. The zero-order chi connectivity index (χ0) is 15.9. The summed E-state index contributed by atoms with van der Waals surface area (Å²) in [5, 5.41) is 16.9. The van der Waals surface area contributed by atoms with Gasteiger partial charge in [-0.3, -0.25) is 4.99 Å². The standard InChI is InChI=1S/C16H25N3O3.HI/c1-4-17-16(19-11-5-6-11)18-10-14(20)13-9-12(21-2)7-8-15(13)22-3;/h7-9,11,14,20H,4-6,10H2,1-3H3,(H2,17,18,19);1H. The summed E-state index contributed by atoms with van der Waals surface area (Å²) in [4.78, 5) is 4.45. The van der Waals surface area contributed by atoms with E-state index in [0.29, 0.717) is 23.1 Å². The Morgan fingerprint density at radius 3 is 2.65 bits per heavy atom. The molecule has 0 heterocycles. The summed E-state index contributed by atoms with van der Waals surface area (Å²) < 4.78 is 10.5. The van der Waals surface area contributed by atoms with E-state index in [4.69, 9.17) is 9.47 Å². The number of nitrogens with zero attached hydrogens (tertiary/aromatic N) is 1. The summed E-state index contributed by atoms with van der Waals surface area (Å²) in [6, 6.07) is 5.88. The molecule has 0 amide bonds. The topological polar surface area (TPSA) is 75.1 Å². The molecule has 1 aliphatic rings. The second-order valence-electron chi connectivity index (χ2n) is 5.26. The normalized spacial score (nSPS) is 15.4. The molecular formula is C16H26IN3O3. The fourth-order valence-corrected chi connectivity index (χ4v) is 2.12. The Kier molecular flexibility index (Phi) is 8.46. The van der Waals surface area contributed by atoms with E-state index in [1.165, 1.54) is 12.8 Å². The first kappa shape index (κ1) is 19.8. The molecular weight excluding hydrogens is 409 g/mol. The monoisotopic (exact) mass is 435 g/mol. The van der Waals surface area contributed by atoms with E-state index in [1.54, 1.807) is 32.4 Å². The number of guanidine groups is 1. The van der Waals surface area contributed by atoms with Crippen LogP contribution in [0.25, 0.3) is 0 Å². The van der Waals surface area contributed by atoms with Gasteiger partial charge in [-0.1, -0.05) is 0 Å². The van der Waals surface area contributed by atoms with Gasteiger partial charge in [-0.2, -0.15) is 0 Å². The third kappa shape index (κ3) is 6.06. The van der Waals surface area contributed by atoms with Crippen LogP contribution in [-0.2, 0) is 0 Å². The van der Waals surface area contributed by atoms with E-state index in [1.807, 2.05) is 6.92 Å². The Balaban J connectivity index is 0.00000264. The van der Waals surface area contributed by atoms with E-state index < -0.39 is 6.10 Å². The van der Waals surface area contributed by atoms with Gasteiger partial charge >= 0.3 is 0 Å². The van der Waals surface area contributed by atoms with Crippen molar-refractivity contribution < 1.29 is 14.6 Å². The minimum Gasteiger partial charge on any atom is -0.497 e. The van der Waals surface area contributed by atoms with Crippen LogP contribution in [0.5, 0.6) is 11.5 Å². The fourth-order valence-electron chi connectivity index (χ4n) is 2.12. The molecule has 1 saturated carbocycles. The SMILES string of the molecule is CCNC(=NCC(O)c1cc(OC)ccc1OC)NC1CC1.I. The van der Waals surface area contributed by atoms with Gasteiger partial charge in [0.2, 0.25) is 0 Å². The van der Waals surface area contributed by atoms with Crippen molar-refractivity contribution in [3.8, 4) is 11.5 Å². The van der Waals surface area contributed by atoms with Crippen LogP contribution in [0, 0.1) is 0 Å². The minimum atomic E-state index is -0.750. The minimum absolute atomic E-state index is 0. The van der Waals surface area contributed by atoms with Crippen molar-refractivity contribution in [2.45, 2.75) is 31.9 Å². The zero-order valence-electron chi connectivity index (χ0n) is 13.8. The molecule has 0 bridgehead atoms. The van der Waals surface area contributed by atoms with Crippen LogP contribution in [0.3, 0.4) is 0 Å². The Morgan fingerprint density at radius 2 is 2.09 bits per heavy atom. The molecule has 1 fully saturated rings. The number of rotatable bonds is 7. The molecule has 130 valence electrons. The molecule has 0 radical (unpaired) electrons. The Hall–Kier alpha value is -1.22. The molecule has 0 saturated heterocycles. The lowest BCUT2D eigenvalue weighted by Crippen LogP contribution is -2.38. The van der Waals surface area contributed by atoms with Crippen molar-refractivity contribution in [2.24, 2.45) is 4.99 Å². The van der Waals surface area contributed by atoms with Crippen molar-refractivity contribution in [1.82, 2.24) is 10.6 Å². The lowest BCUT2D eigenvalue weighted by molar-refractivity contribution is 0.182. The van der Waals surface area contributed by atoms with Crippen molar-refractivity contribution in [3.05, 3.63) is 23.8 Å². The summed E-state index contributed by atoms with van der Waals surface area (Å²) in [7, 11) is 3.18. The number of aliphatic hydroxyl groups is 1. The number of nitrogens with one attached hydrogen (secondary N) is 2. The van der Waals surface area contributed by atoms with Gasteiger partial charge in [0.05, 0.1) is 20.8 Å². The molecule has 0 aromatic heterocycles. The van der Waals surface area contributed by atoms with E-state index in [-0.39, 0.29) is 30.5 Å². The Bertz CT molecular complexity index is 521. The van der Waals surface area contributed by atoms with Crippen molar-refractivity contribution in [1.29, 1.82) is 0 Å². The molecule has 0 aliphatic heterocycles. The molecule has 1 aromatic carbocycles. The second-order valence-corrected chi connectivity index (χ2v) is 5.26. The van der Waals surface area contributed by atoms with Gasteiger partial charge in [0, 0.05) is 18.2 Å². The maximum atomic E-state index is 10.4. The van der Waals surface area contributed by atoms with Gasteiger partial charge in [0.1, 0.15) is 17.6 Å². The third-order valence-electron chi connectivity index (χ3n) is 3.48. The molecule has 1 aliphatic carbocycles. The molecule has 0 spiro atoms. The van der Waals surface area contributed by atoms with Gasteiger partial charge in [-0.25, -0.2) is 0 Å². The second kappa shape index (κ2) is 9.82. The maximum absolute atomic E-state index is 10.4. The average Bonchev–Trinajstić information content (AvgIpc) is 3.35. The predicted molar refractivity (Wildman–Crippen MR) is 102 cm³/mol. The van der Waals surface area contributed by atoms with Gasteiger partial charge < -0.3 is 25.2 Å². The molecule has 1 aromatic rings. The zero-order valence-corrected chi connectivity index (χ0v) is 16.2. The van der Waals surface area contributed by atoms with Crippen LogP contribution in [0.1, 0.15) is 31.4 Å². The summed E-state index contributed by atoms with van der Waals surface area (Å²) in [6.45, 7) is 3.06. The smallest absolute Gasteiger partial charge is 0.191 e. The van der Waals surface area contributed by atoms with Gasteiger partial charge in [0.25, 0.3) is 0 Å². The first-order valence-electron chi connectivity index (χ1n) is 7.62. The average molecular weight is 435 g/mol. The fraction of sp³-hybridized carbons (Fsp3) is 0.562. The maximum Gasteiger partial charge on any atom is 0.191 e. The van der Waals surface area contributed by atoms with Gasteiger partial charge in [-0.05, 0) is 38.0 Å². The summed E-state index contributed by atoms with van der Waals surface area (Å²) in [5.41, 5.74) is 0.674. The van der Waals surface area contributed by atoms with Gasteiger partial charge in [0.15, 0.2) is 5.96 Å². The summed E-state index contributed by atoms with van der Waals surface area (Å²) in [5.74, 6) is 2.05. The van der Waals surface area contributed by atoms with Crippen molar-refractivity contribution >= 4 is 29.9 Å². The molecule has 1 atom stereocenters. The van der Waals surface area contributed by atoms with Gasteiger partial charge in [-0.15, -0.1) is 24.0 Å².